The van der Waals surface area contributed by atoms with E-state index in [1.54, 1.807) is 18.6 Å². The predicted molar refractivity (Wildman–Crippen MR) is 74.6 cm³/mol. The number of hydrogen-bond donors (Lipinski definition) is 1. The number of aliphatic carboxylic acids is 1. The summed E-state index contributed by atoms with van der Waals surface area (Å²) in [4.78, 5) is 19.5. The molecule has 0 saturated carbocycles. The summed E-state index contributed by atoms with van der Waals surface area (Å²) in [6, 6.07) is 6.31. The maximum absolute atomic E-state index is 11.1. The van der Waals surface area contributed by atoms with Crippen molar-refractivity contribution in [1.29, 1.82) is 0 Å². The van der Waals surface area contributed by atoms with Crippen molar-refractivity contribution in [2.24, 2.45) is 0 Å². The molecule has 102 valence electrons. The number of hydrogen-bond acceptors (Lipinski definition) is 3. The zero-order chi connectivity index (χ0) is 13.9. The number of fused-ring (bicyclic) bond motifs is 1. The Hall–Kier alpha value is -2.23. The van der Waals surface area contributed by atoms with Gasteiger partial charge in [-0.15, -0.1) is 0 Å². The molecular weight excluding hydrogens is 252 g/mol. The van der Waals surface area contributed by atoms with Crippen LogP contribution >= 0.6 is 0 Å². The Morgan fingerprint density at radius 3 is 2.85 bits per heavy atom. The van der Waals surface area contributed by atoms with Gasteiger partial charge in [0.15, 0.2) is 0 Å². The van der Waals surface area contributed by atoms with Gasteiger partial charge in [0.1, 0.15) is 0 Å². The van der Waals surface area contributed by atoms with Crippen LogP contribution in [0.5, 0.6) is 0 Å². The van der Waals surface area contributed by atoms with Crippen molar-refractivity contribution in [3.63, 3.8) is 0 Å². The van der Waals surface area contributed by atoms with E-state index in [1.165, 1.54) is 17.5 Å². The summed E-state index contributed by atoms with van der Waals surface area (Å²) in [5, 5.41) is 9.15. The molecule has 4 heteroatoms. The van der Waals surface area contributed by atoms with Gasteiger partial charge in [-0.05, 0) is 36.0 Å². The van der Waals surface area contributed by atoms with Gasteiger partial charge < -0.3 is 5.11 Å². The van der Waals surface area contributed by atoms with Crippen LogP contribution in [0.15, 0.2) is 36.8 Å². The zero-order valence-electron chi connectivity index (χ0n) is 11.1. The first-order chi connectivity index (χ1) is 9.74. The summed E-state index contributed by atoms with van der Waals surface area (Å²) in [6.45, 7) is 0. The third-order valence-electron chi connectivity index (χ3n) is 3.84. The van der Waals surface area contributed by atoms with E-state index in [0.717, 1.165) is 18.4 Å². The fraction of sp³-hybridized carbons (Fsp3) is 0.312. The summed E-state index contributed by atoms with van der Waals surface area (Å²) in [5.74, 6) is -1.05. The molecule has 4 nitrogen and oxygen atoms in total. The van der Waals surface area contributed by atoms with Gasteiger partial charge in [-0.2, -0.15) is 0 Å². The first-order valence-corrected chi connectivity index (χ1v) is 6.83. The minimum absolute atomic E-state index is 0.0392. The Labute approximate surface area is 117 Å². The van der Waals surface area contributed by atoms with Gasteiger partial charge >= 0.3 is 5.97 Å². The lowest BCUT2D eigenvalue weighted by molar-refractivity contribution is -0.137. The number of rotatable bonds is 4. The molecule has 3 rings (SSSR count). The van der Waals surface area contributed by atoms with E-state index >= 15 is 0 Å². The second-order valence-corrected chi connectivity index (χ2v) is 5.16. The molecule has 1 atom stereocenters. The molecule has 0 bridgehead atoms. The van der Waals surface area contributed by atoms with E-state index in [9.17, 15) is 4.79 Å². The normalized spacial score (nSPS) is 14.8. The van der Waals surface area contributed by atoms with Crippen LogP contribution < -0.4 is 0 Å². The van der Waals surface area contributed by atoms with Gasteiger partial charge in [-0.3, -0.25) is 14.8 Å². The molecule has 1 heterocycles. The van der Waals surface area contributed by atoms with Crippen molar-refractivity contribution >= 4 is 5.97 Å². The molecule has 1 aromatic carbocycles. The van der Waals surface area contributed by atoms with E-state index in [4.69, 9.17) is 5.11 Å². The number of carboxylic acid groups (broad SMARTS) is 1. The van der Waals surface area contributed by atoms with Crippen LogP contribution in [-0.4, -0.2) is 21.0 Å². The van der Waals surface area contributed by atoms with Crippen LogP contribution in [-0.2, 0) is 17.6 Å². The number of carboxylic acids is 1. The van der Waals surface area contributed by atoms with Crippen molar-refractivity contribution in [2.75, 3.05) is 0 Å². The highest BCUT2D eigenvalue weighted by Crippen LogP contribution is 2.30. The van der Waals surface area contributed by atoms with Crippen LogP contribution in [0.3, 0.4) is 0 Å². The van der Waals surface area contributed by atoms with Gasteiger partial charge in [0.2, 0.25) is 0 Å². The third-order valence-corrected chi connectivity index (χ3v) is 3.84. The molecule has 0 saturated heterocycles. The fourth-order valence-electron chi connectivity index (χ4n) is 2.87. The van der Waals surface area contributed by atoms with E-state index in [1.807, 2.05) is 6.07 Å². The zero-order valence-corrected chi connectivity index (χ0v) is 11.1. The third kappa shape index (κ3) is 2.54. The first kappa shape index (κ1) is 12.8. The largest absolute Gasteiger partial charge is 0.481 e. The second kappa shape index (κ2) is 5.41. The Balaban J connectivity index is 1.99. The molecule has 1 unspecified atom stereocenters. The number of benzene rings is 1. The van der Waals surface area contributed by atoms with Crippen LogP contribution in [0.25, 0.3) is 0 Å². The molecule has 0 amide bonds. The van der Waals surface area contributed by atoms with Gasteiger partial charge in [0.25, 0.3) is 0 Å². The van der Waals surface area contributed by atoms with Crippen LogP contribution in [0.4, 0.5) is 0 Å². The lowest BCUT2D eigenvalue weighted by atomic mass is 9.90. The Kier molecular flexibility index (Phi) is 3.46. The van der Waals surface area contributed by atoms with Crippen LogP contribution in [0, 0.1) is 0 Å². The van der Waals surface area contributed by atoms with Crippen LogP contribution in [0.2, 0.25) is 0 Å². The lowest BCUT2D eigenvalue weighted by Crippen LogP contribution is -2.10. The number of aryl methyl sites for hydroxylation is 2. The maximum Gasteiger partial charge on any atom is 0.304 e. The Morgan fingerprint density at radius 2 is 2.10 bits per heavy atom. The molecule has 2 aromatic rings. The quantitative estimate of drug-likeness (QED) is 0.925. The van der Waals surface area contributed by atoms with Gasteiger partial charge in [-0.25, -0.2) is 0 Å². The summed E-state index contributed by atoms with van der Waals surface area (Å²) >= 11 is 0. The van der Waals surface area contributed by atoms with Crippen molar-refractivity contribution in [2.45, 2.75) is 31.6 Å². The monoisotopic (exact) mass is 268 g/mol. The van der Waals surface area contributed by atoms with Gasteiger partial charge in [0, 0.05) is 24.5 Å². The molecule has 1 N–H and O–H groups in total. The van der Waals surface area contributed by atoms with Crippen molar-refractivity contribution in [1.82, 2.24) is 9.97 Å². The summed E-state index contributed by atoms with van der Waals surface area (Å²) < 4.78 is 0. The SMILES string of the molecule is O=C(O)CC(c1ccc2c(c1)CCC2)c1cnccn1. The van der Waals surface area contributed by atoms with Gasteiger partial charge in [0.05, 0.1) is 12.1 Å². The molecule has 0 spiro atoms. The lowest BCUT2D eigenvalue weighted by Gasteiger charge is -2.15. The molecule has 0 fully saturated rings. The minimum Gasteiger partial charge on any atom is -0.481 e. The molecular formula is C16H16N2O2. The fourth-order valence-corrected chi connectivity index (χ4v) is 2.87. The van der Waals surface area contributed by atoms with E-state index < -0.39 is 5.97 Å². The van der Waals surface area contributed by atoms with Gasteiger partial charge in [-0.1, -0.05) is 18.2 Å². The molecule has 20 heavy (non-hydrogen) atoms. The molecule has 0 radical (unpaired) electrons. The molecule has 0 aliphatic heterocycles. The Bertz CT molecular complexity index is 626. The number of carbonyl (C=O) groups is 1. The summed E-state index contributed by atoms with van der Waals surface area (Å²) in [5.41, 5.74) is 4.48. The number of nitrogens with zero attached hydrogens (tertiary/aromatic N) is 2. The van der Waals surface area contributed by atoms with Crippen molar-refractivity contribution < 1.29 is 9.90 Å². The first-order valence-electron chi connectivity index (χ1n) is 6.83. The Morgan fingerprint density at radius 1 is 1.25 bits per heavy atom. The highest BCUT2D eigenvalue weighted by molar-refractivity contribution is 5.69. The van der Waals surface area contributed by atoms with Crippen molar-refractivity contribution in [3.8, 4) is 0 Å². The minimum atomic E-state index is -0.818. The van der Waals surface area contributed by atoms with E-state index in [2.05, 4.69) is 22.1 Å². The average molecular weight is 268 g/mol. The molecule has 1 aliphatic rings. The van der Waals surface area contributed by atoms with Crippen molar-refractivity contribution in [3.05, 3.63) is 59.2 Å². The summed E-state index contributed by atoms with van der Waals surface area (Å²) in [6.07, 6.45) is 8.31. The maximum atomic E-state index is 11.1. The van der Waals surface area contributed by atoms with Crippen LogP contribution in [0.1, 0.15) is 41.1 Å². The van der Waals surface area contributed by atoms with E-state index in [-0.39, 0.29) is 12.3 Å². The summed E-state index contributed by atoms with van der Waals surface area (Å²) in [7, 11) is 0. The number of aromatic nitrogens is 2. The smallest absolute Gasteiger partial charge is 0.304 e. The van der Waals surface area contributed by atoms with E-state index in [0.29, 0.717) is 5.69 Å². The second-order valence-electron chi connectivity index (χ2n) is 5.16. The molecule has 1 aliphatic carbocycles. The molecule has 1 aromatic heterocycles. The highest BCUT2D eigenvalue weighted by Gasteiger charge is 2.21. The topological polar surface area (TPSA) is 63.1 Å². The predicted octanol–water partition coefficient (Wildman–Crippen LogP) is 2.57. The standard InChI is InChI=1S/C16H16N2O2/c19-16(20)9-14(15-10-17-6-7-18-15)13-5-4-11-2-1-3-12(11)8-13/h4-8,10,14H,1-3,9H2,(H,19,20). The highest BCUT2D eigenvalue weighted by atomic mass is 16.4. The average Bonchev–Trinajstić information content (AvgIpc) is 2.93.